The number of hydrogen-bond donors (Lipinski definition) is 1. The van der Waals surface area contributed by atoms with E-state index < -0.39 is 0 Å². The second kappa shape index (κ2) is 5.31. The zero-order chi connectivity index (χ0) is 10.6. The van der Waals surface area contributed by atoms with Crippen LogP contribution in [0.1, 0.15) is 51.9 Å². The highest BCUT2D eigenvalue weighted by atomic mass is 16.5. The molecule has 0 spiro atoms. The van der Waals surface area contributed by atoms with E-state index in [4.69, 9.17) is 4.74 Å². The van der Waals surface area contributed by atoms with Crippen molar-refractivity contribution in [3.63, 3.8) is 0 Å². The smallest absolute Gasteiger partial charge is 0.0471 e. The van der Waals surface area contributed by atoms with E-state index in [1.165, 1.54) is 51.5 Å². The van der Waals surface area contributed by atoms with Crippen LogP contribution in [0.2, 0.25) is 0 Å². The van der Waals surface area contributed by atoms with Gasteiger partial charge in [0.15, 0.2) is 0 Å². The molecule has 2 aliphatic carbocycles. The zero-order valence-electron chi connectivity index (χ0n) is 10.1. The van der Waals surface area contributed by atoms with Crippen LogP contribution < -0.4 is 5.32 Å². The Morgan fingerprint density at radius 2 is 2.07 bits per heavy atom. The minimum atomic E-state index is 0.602. The maximum absolute atomic E-state index is 5.48. The van der Waals surface area contributed by atoms with Crippen LogP contribution in [0, 0.1) is 5.41 Å². The highest BCUT2D eigenvalue weighted by Crippen LogP contribution is 2.43. The molecule has 0 aromatic carbocycles. The van der Waals surface area contributed by atoms with Gasteiger partial charge in [0.2, 0.25) is 0 Å². The molecule has 0 radical (unpaired) electrons. The average molecular weight is 211 g/mol. The molecule has 0 atom stereocenters. The van der Waals surface area contributed by atoms with Crippen LogP contribution in [0.5, 0.6) is 0 Å². The average Bonchev–Trinajstić information content (AvgIpc) is 2.10. The van der Waals surface area contributed by atoms with Crippen LogP contribution in [0.4, 0.5) is 0 Å². The first-order valence-electron chi connectivity index (χ1n) is 6.66. The van der Waals surface area contributed by atoms with Crippen LogP contribution in [0.25, 0.3) is 0 Å². The molecular formula is C13H25NO. The summed E-state index contributed by atoms with van der Waals surface area (Å²) in [4.78, 5) is 0. The maximum Gasteiger partial charge on any atom is 0.0471 e. The van der Waals surface area contributed by atoms with E-state index >= 15 is 0 Å². The molecule has 0 aliphatic heterocycles. The Bertz CT molecular complexity index is 185. The van der Waals surface area contributed by atoms with E-state index in [1.54, 1.807) is 0 Å². The van der Waals surface area contributed by atoms with Crippen molar-refractivity contribution in [1.82, 2.24) is 5.32 Å². The van der Waals surface area contributed by atoms with Crippen LogP contribution >= 0.6 is 0 Å². The van der Waals surface area contributed by atoms with Crippen molar-refractivity contribution in [2.45, 2.75) is 57.9 Å². The molecule has 0 unspecified atom stereocenters. The van der Waals surface area contributed by atoms with Crippen molar-refractivity contribution in [2.75, 3.05) is 19.8 Å². The fraction of sp³-hybridized carbons (Fsp3) is 1.00. The summed E-state index contributed by atoms with van der Waals surface area (Å²) in [5.74, 6) is 0. The van der Waals surface area contributed by atoms with E-state index in [0.717, 1.165) is 19.3 Å². The Kier molecular flexibility index (Phi) is 4.04. The van der Waals surface area contributed by atoms with Gasteiger partial charge in [-0.2, -0.15) is 0 Å². The van der Waals surface area contributed by atoms with Gasteiger partial charge >= 0.3 is 0 Å². The van der Waals surface area contributed by atoms with Gasteiger partial charge in [0.1, 0.15) is 0 Å². The van der Waals surface area contributed by atoms with Gasteiger partial charge in [0.05, 0.1) is 0 Å². The third-order valence-electron chi connectivity index (χ3n) is 4.27. The fourth-order valence-corrected chi connectivity index (χ4v) is 2.60. The van der Waals surface area contributed by atoms with Crippen molar-refractivity contribution < 1.29 is 4.74 Å². The van der Waals surface area contributed by atoms with Gasteiger partial charge in [0, 0.05) is 25.8 Å². The van der Waals surface area contributed by atoms with Crippen molar-refractivity contribution in [3.8, 4) is 0 Å². The first-order valence-corrected chi connectivity index (χ1v) is 6.66. The molecule has 1 N–H and O–H groups in total. The molecule has 2 fully saturated rings. The lowest BCUT2D eigenvalue weighted by Crippen LogP contribution is -2.46. The first-order chi connectivity index (χ1) is 7.35. The summed E-state index contributed by atoms with van der Waals surface area (Å²) in [5, 5.41) is 3.73. The third kappa shape index (κ3) is 2.94. The Morgan fingerprint density at radius 3 is 2.53 bits per heavy atom. The van der Waals surface area contributed by atoms with E-state index in [1.807, 2.05) is 0 Å². The van der Waals surface area contributed by atoms with Crippen LogP contribution in [-0.4, -0.2) is 25.8 Å². The lowest BCUT2D eigenvalue weighted by Gasteiger charge is -2.44. The Balaban J connectivity index is 1.65. The molecule has 0 aromatic heterocycles. The van der Waals surface area contributed by atoms with Crippen LogP contribution in [0.3, 0.4) is 0 Å². The molecule has 2 heteroatoms. The predicted molar refractivity (Wildman–Crippen MR) is 63.0 cm³/mol. The molecule has 2 nitrogen and oxygen atoms in total. The van der Waals surface area contributed by atoms with Crippen LogP contribution in [0.15, 0.2) is 0 Å². The summed E-state index contributed by atoms with van der Waals surface area (Å²) in [5.41, 5.74) is 0.602. The summed E-state index contributed by atoms with van der Waals surface area (Å²) in [6.07, 6.45) is 9.77. The Hall–Kier alpha value is -0.0800. The van der Waals surface area contributed by atoms with Gasteiger partial charge in [-0.3, -0.25) is 0 Å². The SMILES string of the molecule is CCOCCC1(CNC2CCC2)CCC1. The molecule has 0 bridgehead atoms. The highest BCUT2D eigenvalue weighted by molar-refractivity contribution is 4.91. The van der Waals surface area contributed by atoms with E-state index in [2.05, 4.69) is 12.2 Å². The standard InChI is InChI=1S/C13H25NO/c1-2-15-10-9-13(7-4-8-13)11-14-12-5-3-6-12/h12,14H,2-11H2,1H3. The number of nitrogens with one attached hydrogen (secondary N) is 1. The molecule has 0 heterocycles. The summed E-state index contributed by atoms with van der Waals surface area (Å²) in [6, 6.07) is 0.842. The molecule has 2 saturated carbocycles. The highest BCUT2D eigenvalue weighted by Gasteiger charge is 2.37. The Labute approximate surface area is 93.8 Å². The van der Waals surface area contributed by atoms with Gasteiger partial charge in [0.25, 0.3) is 0 Å². The summed E-state index contributed by atoms with van der Waals surface area (Å²) >= 11 is 0. The lowest BCUT2D eigenvalue weighted by molar-refractivity contribution is 0.0493. The minimum absolute atomic E-state index is 0.602. The van der Waals surface area contributed by atoms with Crippen LogP contribution in [-0.2, 0) is 4.74 Å². The summed E-state index contributed by atoms with van der Waals surface area (Å²) in [6.45, 7) is 5.15. The molecule has 0 aromatic rings. The summed E-state index contributed by atoms with van der Waals surface area (Å²) < 4.78 is 5.48. The number of ether oxygens (including phenoxy) is 1. The molecule has 0 amide bonds. The molecule has 2 aliphatic rings. The molecule has 15 heavy (non-hydrogen) atoms. The Morgan fingerprint density at radius 1 is 1.27 bits per heavy atom. The topological polar surface area (TPSA) is 21.3 Å². The molecule has 2 rings (SSSR count). The second-order valence-electron chi connectivity index (χ2n) is 5.31. The van der Waals surface area contributed by atoms with Gasteiger partial charge in [-0.15, -0.1) is 0 Å². The van der Waals surface area contributed by atoms with E-state index in [9.17, 15) is 0 Å². The molecular weight excluding hydrogens is 186 g/mol. The van der Waals surface area contributed by atoms with Gasteiger partial charge in [-0.25, -0.2) is 0 Å². The third-order valence-corrected chi connectivity index (χ3v) is 4.27. The first kappa shape index (κ1) is 11.4. The van der Waals surface area contributed by atoms with Crippen molar-refractivity contribution in [3.05, 3.63) is 0 Å². The molecule has 88 valence electrons. The summed E-state index contributed by atoms with van der Waals surface area (Å²) in [7, 11) is 0. The van der Waals surface area contributed by atoms with E-state index in [0.29, 0.717) is 5.41 Å². The predicted octanol–water partition coefficient (Wildman–Crippen LogP) is 2.73. The van der Waals surface area contributed by atoms with Crippen molar-refractivity contribution in [2.24, 2.45) is 5.41 Å². The lowest BCUT2D eigenvalue weighted by atomic mass is 9.66. The number of hydrogen-bond acceptors (Lipinski definition) is 2. The maximum atomic E-state index is 5.48. The zero-order valence-corrected chi connectivity index (χ0v) is 10.1. The number of rotatable bonds is 7. The van der Waals surface area contributed by atoms with Gasteiger partial charge < -0.3 is 10.1 Å². The molecule has 0 saturated heterocycles. The van der Waals surface area contributed by atoms with Crippen molar-refractivity contribution in [1.29, 1.82) is 0 Å². The monoisotopic (exact) mass is 211 g/mol. The minimum Gasteiger partial charge on any atom is -0.382 e. The largest absolute Gasteiger partial charge is 0.382 e. The second-order valence-corrected chi connectivity index (χ2v) is 5.31. The van der Waals surface area contributed by atoms with Gasteiger partial charge in [-0.1, -0.05) is 12.8 Å². The quantitative estimate of drug-likeness (QED) is 0.654. The fourth-order valence-electron chi connectivity index (χ4n) is 2.60. The normalized spacial score (nSPS) is 24.6. The van der Waals surface area contributed by atoms with Crippen molar-refractivity contribution >= 4 is 0 Å². The van der Waals surface area contributed by atoms with Gasteiger partial charge in [-0.05, 0) is 44.4 Å². The van der Waals surface area contributed by atoms with E-state index in [-0.39, 0.29) is 0 Å².